The standard InChI is InChI=1S/C14H17N3O4S2/c1-7-8(2)23-14-12(7)13(20)16-9(17-14)5-22-6-10(18)15-4-11(19)21-3/h4-6H2,1-3H3,(H,15,18)(H,16,17,20). The predicted molar refractivity (Wildman–Crippen MR) is 90.9 cm³/mol. The number of esters is 1. The number of thioether (sulfide) groups is 1. The lowest BCUT2D eigenvalue weighted by molar-refractivity contribution is -0.140. The lowest BCUT2D eigenvalue weighted by Crippen LogP contribution is -2.31. The van der Waals surface area contributed by atoms with E-state index in [2.05, 4.69) is 20.0 Å². The number of nitrogens with zero attached hydrogens (tertiary/aromatic N) is 1. The first-order chi connectivity index (χ1) is 10.9. The largest absolute Gasteiger partial charge is 0.468 e. The van der Waals surface area contributed by atoms with E-state index < -0.39 is 5.97 Å². The van der Waals surface area contributed by atoms with Gasteiger partial charge in [-0.25, -0.2) is 4.98 Å². The molecule has 2 N–H and O–H groups in total. The van der Waals surface area contributed by atoms with Crippen molar-refractivity contribution < 1.29 is 14.3 Å². The summed E-state index contributed by atoms with van der Waals surface area (Å²) in [5.41, 5.74) is 0.808. The number of carbonyl (C=O) groups is 2. The molecule has 0 aromatic carbocycles. The molecule has 2 heterocycles. The lowest BCUT2D eigenvalue weighted by atomic mass is 10.2. The molecule has 2 aromatic rings. The van der Waals surface area contributed by atoms with Crippen molar-refractivity contribution in [2.75, 3.05) is 19.4 Å². The van der Waals surface area contributed by atoms with Crippen LogP contribution in [0.1, 0.15) is 16.3 Å². The molecule has 23 heavy (non-hydrogen) atoms. The highest BCUT2D eigenvalue weighted by Crippen LogP contribution is 2.26. The average Bonchev–Trinajstić information content (AvgIpc) is 2.80. The van der Waals surface area contributed by atoms with Crippen molar-refractivity contribution in [3.05, 3.63) is 26.6 Å². The topological polar surface area (TPSA) is 101 Å². The third kappa shape index (κ3) is 4.32. The fourth-order valence-corrected chi connectivity index (χ4v) is 3.67. The van der Waals surface area contributed by atoms with Crippen LogP contribution in [0.25, 0.3) is 10.2 Å². The summed E-state index contributed by atoms with van der Waals surface area (Å²) in [6, 6.07) is 0. The molecule has 0 aliphatic heterocycles. The van der Waals surface area contributed by atoms with Gasteiger partial charge in [0.05, 0.1) is 24.0 Å². The summed E-state index contributed by atoms with van der Waals surface area (Å²) in [6.45, 7) is 3.72. The van der Waals surface area contributed by atoms with Crippen LogP contribution in [0.4, 0.5) is 0 Å². The molecule has 0 saturated carbocycles. The Bertz CT molecular complexity index is 797. The molecule has 0 spiro atoms. The Kier molecular flexibility index (Phi) is 5.78. The Morgan fingerprint density at radius 3 is 2.83 bits per heavy atom. The normalized spacial score (nSPS) is 10.7. The van der Waals surface area contributed by atoms with E-state index in [9.17, 15) is 14.4 Å². The van der Waals surface area contributed by atoms with E-state index in [0.717, 1.165) is 15.3 Å². The molecular formula is C14H17N3O4S2. The Hall–Kier alpha value is -1.87. The zero-order valence-electron chi connectivity index (χ0n) is 13.0. The van der Waals surface area contributed by atoms with Gasteiger partial charge in [0.1, 0.15) is 17.2 Å². The number of ether oxygens (including phenoxy) is 1. The predicted octanol–water partition coefficient (Wildman–Crippen LogP) is 1.12. The number of amides is 1. The van der Waals surface area contributed by atoms with Gasteiger partial charge in [-0.15, -0.1) is 23.1 Å². The second-order valence-corrected chi connectivity index (χ2v) is 7.01. The maximum atomic E-state index is 12.1. The number of thiophene rings is 1. The Morgan fingerprint density at radius 2 is 2.13 bits per heavy atom. The quantitative estimate of drug-likeness (QED) is 0.753. The van der Waals surface area contributed by atoms with Gasteiger partial charge in [-0.2, -0.15) is 0 Å². The van der Waals surface area contributed by atoms with E-state index in [1.807, 2.05) is 13.8 Å². The van der Waals surface area contributed by atoms with Crippen LogP contribution in [0.3, 0.4) is 0 Å². The molecule has 0 aliphatic carbocycles. The van der Waals surface area contributed by atoms with Gasteiger partial charge in [0.15, 0.2) is 0 Å². The molecule has 0 saturated heterocycles. The van der Waals surface area contributed by atoms with Gasteiger partial charge in [0, 0.05) is 4.88 Å². The summed E-state index contributed by atoms with van der Waals surface area (Å²) in [7, 11) is 1.26. The Balaban J connectivity index is 1.94. The molecule has 0 fully saturated rings. The van der Waals surface area contributed by atoms with Crippen LogP contribution in [0, 0.1) is 13.8 Å². The molecule has 2 aromatic heterocycles. The van der Waals surface area contributed by atoms with Crippen LogP contribution in [0.5, 0.6) is 0 Å². The fourth-order valence-electron chi connectivity index (χ4n) is 1.90. The van der Waals surface area contributed by atoms with Crippen LogP contribution >= 0.6 is 23.1 Å². The minimum Gasteiger partial charge on any atom is -0.468 e. The maximum Gasteiger partial charge on any atom is 0.325 e. The van der Waals surface area contributed by atoms with E-state index >= 15 is 0 Å². The zero-order valence-corrected chi connectivity index (χ0v) is 14.7. The molecule has 0 atom stereocenters. The van der Waals surface area contributed by atoms with Crippen molar-refractivity contribution in [2.24, 2.45) is 0 Å². The second kappa shape index (κ2) is 7.60. The fraction of sp³-hybridized carbons (Fsp3) is 0.429. The van der Waals surface area contributed by atoms with E-state index in [-0.39, 0.29) is 23.8 Å². The van der Waals surface area contributed by atoms with Gasteiger partial charge < -0.3 is 15.0 Å². The number of methoxy groups -OCH3 is 1. The highest BCUT2D eigenvalue weighted by atomic mass is 32.2. The van der Waals surface area contributed by atoms with Gasteiger partial charge in [-0.05, 0) is 19.4 Å². The van der Waals surface area contributed by atoms with Crippen molar-refractivity contribution in [1.82, 2.24) is 15.3 Å². The van der Waals surface area contributed by atoms with Gasteiger partial charge in [0.2, 0.25) is 5.91 Å². The van der Waals surface area contributed by atoms with Crippen LogP contribution in [-0.2, 0) is 20.1 Å². The molecule has 2 rings (SSSR count). The van der Waals surface area contributed by atoms with Crippen LogP contribution in [0.2, 0.25) is 0 Å². The van der Waals surface area contributed by atoms with Crippen LogP contribution < -0.4 is 10.9 Å². The summed E-state index contributed by atoms with van der Waals surface area (Å²) in [5.74, 6) is 0.345. The number of rotatable bonds is 6. The molecule has 0 unspecified atom stereocenters. The lowest BCUT2D eigenvalue weighted by Gasteiger charge is -2.04. The van der Waals surface area contributed by atoms with E-state index in [1.165, 1.54) is 30.2 Å². The second-order valence-electron chi connectivity index (χ2n) is 4.82. The van der Waals surface area contributed by atoms with E-state index in [0.29, 0.717) is 17.0 Å². The molecule has 7 nitrogen and oxygen atoms in total. The van der Waals surface area contributed by atoms with Crippen molar-refractivity contribution in [2.45, 2.75) is 19.6 Å². The number of hydrogen-bond acceptors (Lipinski definition) is 7. The van der Waals surface area contributed by atoms with Crippen LogP contribution in [0.15, 0.2) is 4.79 Å². The summed E-state index contributed by atoms with van der Waals surface area (Å²) in [4.78, 5) is 43.6. The maximum absolute atomic E-state index is 12.1. The molecular weight excluding hydrogens is 338 g/mol. The number of nitrogens with one attached hydrogen (secondary N) is 2. The first kappa shape index (κ1) is 17.5. The number of aromatic amines is 1. The number of fused-ring (bicyclic) bond motifs is 1. The zero-order chi connectivity index (χ0) is 17.0. The number of carbonyl (C=O) groups excluding carboxylic acids is 2. The van der Waals surface area contributed by atoms with Gasteiger partial charge >= 0.3 is 5.97 Å². The first-order valence-electron chi connectivity index (χ1n) is 6.82. The Labute approximate surface area is 140 Å². The third-order valence-corrected chi connectivity index (χ3v) is 5.26. The SMILES string of the molecule is COC(=O)CNC(=O)CSCc1nc2sc(C)c(C)c2c(=O)[nH]1. The third-order valence-electron chi connectivity index (χ3n) is 3.22. The minimum atomic E-state index is -0.497. The average molecular weight is 355 g/mol. The van der Waals surface area contributed by atoms with E-state index in [1.54, 1.807) is 0 Å². The number of H-pyrrole nitrogens is 1. The molecule has 0 radical (unpaired) electrons. The summed E-state index contributed by atoms with van der Waals surface area (Å²) >= 11 is 2.80. The molecule has 9 heteroatoms. The number of hydrogen-bond donors (Lipinski definition) is 2. The monoisotopic (exact) mass is 355 g/mol. The van der Waals surface area contributed by atoms with Crippen molar-refractivity contribution in [1.29, 1.82) is 0 Å². The minimum absolute atomic E-state index is 0.148. The van der Waals surface area contributed by atoms with Gasteiger partial charge in [-0.1, -0.05) is 0 Å². The smallest absolute Gasteiger partial charge is 0.325 e. The van der Waals surface area contributed by atoms with Crippen LogP contribution in [-0.4, -0.2) is 41.3 Å². The van der Waals surface area contributed by atoms with Crippen molar-refractivity contribution in [3.63, 3.8) is 0 Å². The highest BCUT2D eigenvalue weighted by molar-refractivity contribution is 7.99. The summed E-state index contributed by atoms with van der Waals surface area (Å²) in [5, 5.41) is 3.08. The van der Waals surface area contributed by atoms with Gasteiger partial charge in [-0.3, -0.25) is 14.4 Å². The summed E-state index contributed by atoms with van der Waals surface area (Å²) < 4.78 is 4.43. The van der Waals surface area contributed by atoms with Crippen molar-refractivity contribution in [3.8, 4) is 0 Å². The summed E-state index contributed by atoms with van der Waals surface area (Å²) in [6.07, 6.45) is 0. The van der Waals surface area contributed by atoms with Gasteiger partial charge in [0.25, 0.3) is 5.56 Å². The molecule has 0 aliphatic rings. The number of aryl methyl sites for hydroxylation is 2. The molecule has 124 valence electrons. The van der Waals surface area contributed by atoms with E-state index in [4.69, 9.17) is 0 Å². The van der Waals surface area contributed by atoms with Crippen molar-refractivity contribution >= 4 is 45.2 Å². The first-order valence-corrected chi connectivity index (χ1v) is 8.79. The molecule has 0 bridgehead atoms. The molecule has 1 amide bonds. The number of aromatic nitrogens is 2. The highest BCUT2D eigenvalue weighted by Gasteiger charge is 2.12. The Morgan fingerprint density at radius 1 is 1.39 bits per heavy atom.